The van der Waals surface area contributed by atoms with Gasteiger partial charge in [0, 0.05) is 16.7 Å². The fourth-order valence-electron chi connectivity index (χ4n) is 3.06. The van der Waals surface area contributed by atoms with E-state index in [1.54, 1.807) is 47.4 Å². The number of fused-ring (bicyclic) bond motifs is 1. The van der Waals surface area contributed by atoms with E-state index < -0.39 is 5.97 Å². The third-order valence-corrected chi connectivity index (χ3v) is 6.43. The normalized spacial score (nSPS) is 11.0. The molecular weight excluding hydrogens is 416 g/mol. The second kappa shape index (κ2) is 9.28. The zero-order chi connectivity index (χ0) is 20.9. The number of aryl methyl sites for hydroxylation is 1. The second-order valence-electron chi connectivity index (χ2n) is 6.65. The van der Waals surface area contributed by atoms with Crippen LogP contribution in [-0.2, 0) is 0 Å². The number of carboxylic acid groups (broad SMARTS) is 1. The lowest BCUT2D eigenvalue weighted by molar-refractivity contribution is 0.0697. The van der Waals surface area contributed by atoms with Crippen LogP contribution in [0.1, 0.15) is 22.6 Å². The lowest BCUT2D eigenvalue weighted by Gasteiger charge is -2.08. The van der Waals surface area contributed by atoms with Gasteiger partial charge in [-0.05, 0) is 43.2 Å². The number of carbonyl (C=O) groups is 1. The Hall–Kier alpha value is -2.90. The standard InChI is InChI=1S/C23H20N2O3S2/c1-15-24-21(20-19(14-30-22(20)25-15)16-6-3-2-4-7-16)29-13-5-12-28-18-10-8-17(9-11-18)23(26)27/h2-4,6-11,14H,5,12-13H2,1H3,(H,26,27). The van der Waals surface area contributed by atoms with E-state index in [0.717, 1.165) is 33.2 Å². The summed E-state index contributed by atoms with van der Waals surface area (Å²) in [6.07, 6.45) is 0.848. The van der Waals surface area contributed by atoms with Crippen molar-refractivity contribution in [2.24, 2.45) is 0 Å². The van der Waals surface area contributed by atoms with Crippen molar-refractivity contribution in [3.05, 3.63) is 71.4 Å². The highest BCUT2D eigenvalue weighted by molar-refractivity contribution is 7.99. The molecule has 0 aliphatic carbocycles. The van der Waals surface area contributed by atoms with Crippen LogP contribution in [0.2, 0.25) is 0 Å². The van der Waals surface area contributed by atoms with Crippen LogP contribution in [0.15, 0.2) is 65.0 Å². The van der Waals surface area contributed by atoms with Crippen molar-refractivity contribution in [1.29, 1.82) is 0 Å². The van der Waals surface area contributed by atoms with E-state index in [1.807, 2.05) is 25.1 Å². The summed E-state index contributed by atoms with van der Waals surface area (Å²) in [4.78, 5) is 21.2. The lowest BCUT2D eigenvalue weighted by atomic mass is 10.1. The Labute approximate surface area is 182 Å². The van der Waals surface area contributed by atoms with Crippen molar-refractivity contribution in [3.63, 3.8) is 0 Å². The third-order valence-electron chi connectivity index (χ3n) is 4.49. The molecule has 30 heavy (non-hydrogen) atoms. The molecule has 0 unspecified atom stereocenters. The first-order valence-corrected chi connectivity index (χ1v) is 11.4. The molecule has 0 atom stereocenters. The van der Waals surface area contributed by atoms with Gasteiger partial charge in [0.05, 0.1) is 17.6 Å². The molecule has 0 amide bonds. The van der Waals surface area contributed by atoms with Gasteiger partial charge in [-0.3, -0.25) is 0 Å². The average molecular weight is 437 g/mol. The SMILES string of the molecule is Cc1nc(SCCCOc2ccc(C(=O)O)cc2)c2c(-c3ccccc3)csc2n1. The number of hydrogen-bond acceptors (Lipinski definition) is 6. The minimum Gasteiger partial charge on any atom is -0.494 e. The van der Waals surface area contributed by atoms with Crippen LogP contribution in [0.25, 0.3) is 21.3 Å². The molecule has 2 aromatic carbocycles. The molecule has 2 heterocycles. The van der Waals surface area contributed by atoms with Crippen molar-refractivity contribution >= 4 is 39.3 Å². The molecule has 0 aliphatic rings. The predicted molar refractivity (Wildman–Crippen MR) is 122 cm³/mol. The molecule has 2 aromatic heterocycles. The maximum atomic E-state index is 10.9. The predicted octanol–water partition coefficient (Wildman–Crippen LogP) is 5.93. The Morgan fingerprint density at radius 3 is 2.60 bits per heavy atom. The monoisotopic (exact) mass is 436 g/mol. The Bertz CT molecular complexity index is 1160. The minimum atomic E-state index is -0.937. The molecule has 0 radical (unpaired) electrons. The van der Waals surface area contributed by atoms with E-state index in [-0.39, 0.29) is 5.56 Å². The van der Waals surface area contributed by atoms with E-state index in [1.165, 1.54) is 11.1 Å². The molecular formula is C23H20N2O3S2. The van der Waals surface area contributed by atoms with Crippen molar-refractivity contribution < 1.29 is 14.6 Å². The molecule has 0 aliphatic heterocycles. The quantitative estimate of drug-likeness (QED) is 0.210. The molecule has 5 nitrogen and oxygen atoms in total. The molecule has 7 heteroatoms. The van der Waals surface area contributed by atoms with E-state index in [0.29, 0.717) is 12.4 Å². The summed E-state index contributed by atoms with van der Waals surface area (Å²) in [5.41, 5.74) is 2.60. The highest BCUT2D eigenvalue weighted by Crippen LogP contribution is 2.38. The molecule has 0 saturated heterocycles. The topological polar surface area (TPSA) is 72.3 Å². The second-order valence-corrected chi connectivity index (χ2v) is 8.59. The summed E-state index contributed by atoms with van der Waals surface area (Å²) < 4.78 is 5.73. The van der Waals surface area contributed by atoms with E-state index >= 15 is 0 Å². The zero-order valence-electron chi connectivity index (χ0n) is 16.4. The number of rotatable bonds is 8. The zero-order valence-corrected chi connectivity index (χ0v) is 18.0. The number of hydrogen-bond donors (Lipinski definition) is 1. The molecule has 0 fully saturated rings. The van der Waals surface area contributed by atoms with Crippen LogP contribution >= 0.6 is 23.1 Å². The van der Waals surface area contributed by atoms with Crippen molar-refractivity contribution in [3.8, 4) is 16.9 Å². The average Bonchev–Trinajstić information content (AvgIpc) is 3.18. The number of thioether (sulfide) groups is 1. The van der Waals surface area contributed by atoms with Gasteiger partial charge in [0.25, 0.3) is 0 Å². The molecule has 4 rings (SSSR count). The Balaban J connectivity index is 1.41. The van der Waals surface area contributed by atoms with Crippen molar-refractivity contribution in [2.75, 3.05) is 12.4 Å². The van der Waals surface area contributed by atoms with Crippen molar-refractivity contribution in [2.45, 2.75) is 18.4 Å². The Morgan fingerprint density at radius 1 is 1.10 bits per heavy atom. The number of thiophene rings is 1. The maximum Gasteiger partial charge on any atom is 0.335 e. The van der Waals surface area contributed by atoms with Crippen LogP contribution in [0.4, 0.5) is 0 Å². The Morgan fingerprint density at radius 2 is 1.87 bits per heavy atom. The third kappa shape index (κ3) is 4.63. The van der Waals surface area contributed by atoms with Crippen LogP contribution in [0, 0.1) is 6.92 Å². The first kappa shape index (κ1) is 20.4. The van der Waals surface area contributed by atoms with Crippen LogP contribution in [0.3, 0.4) is 0 Å². The highest BCUT2D eigenvalue weighted by Gasteiger charge is 2.14. The fraction of sp³-hybridized carbons (Fsp3) is 0.174. The van der Waals surface area contributed by atoms with Gasteiger partial charge in [0.1, 0.15) is 21.4 Å². The van der Waals surface area contributed by atoms with Gasteiger partial charge in [-0.25, -0.2) is 14.8 Å². The van der Waals surface area contributed by atoms with Gasteiger partial charge in [0.2, 0.25) is 0 Å². The number of benzene rings is 2. The number of aromatic carboxylic acids is 1. The molecule has 4 aromatic rings. The number of ether oxygens (including phenoxy) is 1. The van der Waals surface area contributed by atoms with Crippen LogP contribution in [-0.4, -0.2) is 33.4 Å². The summed E-state index contributed by atoms with van der Waals surface area (Å²) in [7, 11) is 0. The Kier molecular flexibility index (Phi) is 6.30. The highest BCUT2D eigenvalue weighted by atomic mass is 32.2. The van der Waals surface area contributed by atoms with Gasteiger partial charge in [-0.2, -0.15) is 0 Å². The molecule has 0 saturated carbocycles. The van der Waals surface area contributed by atoms with Gasteiger partial charge < -0.3 is 9.84 Å². The summed E-state index contributed by atoms with van der Waals surface area (Å²) >= 11 is 3.37. The van der Waals surface area contributed by atoms with Gasteiger partial charge in [-0.15, -0.1) is 23.1 Å². The number of nitrogens with zero attached hydrogens (tertiary/aromatic N) is 2. The van der Waals surface area contributed by atoms with E-state index in [9.17, 15) is 4.79 Å². The largest absolute Gasteiger partial charge is 0.494 e. The van der Waals surface area contributed by atoms with Gasteiger partial charge in [0.15, 0.2) is 0 Å². The van der Waals surface area contributed by atoms with Gasteiger partial charge in [-0.1, -0.05) is 30.3 Å². The van der Waals surface area contributed by atoms with E-state index in [4.69, 9.17) is 14.8 Å². The molecule has 1 N–H and O–H groups in total. The molecule has 0 spiro atoms. The van der Waals surface area contributed by atoms with Crippen LogP contribution < -0.4 is 4.74 Å². The van der Waals surface area contributed by atoms with E-state index in [2.05, 4.69) is 22.5 Å². The smallest absolute Gasteiger partial charge is 0.335 e. The summed E-state index contributed by atoms with van der Waals surface area (Å²) in [5, 5.41) is 13.2. The fourth-order valence-corrected chi connectivity index (χ4v) is 5.12. The summed E-state index contributed by atoms with van der Waals surface area (Å²) in [6.45, 7) is 2.48. The lowest BCUT2D eigenvalue weighted by Crippen LogP contribution is -2.00. The van der Waals surface area contributed by atoms with Crippen molar-refractivity contribution in [1.82, 2.24) is 9.97 Å². The first-order chi connectivity index (χ1) is 14.6. The minimum absolute atomic E-state index is 0.256. The summed E-state index contributed by atoms with van der Waals surface area (Å²) in [6, 6.07) is 16.8. The summed E-state index contributed by atoms with van der Waals surface area (Å²) in [5.74, 6) is 1.38. The maximum absolute atomic E-state index is 10.9. The number of carboxylic acids is 1. The number of aromatic nitrogens is 2. The molecule has 0 bridgehead atoms. The van der Waals surface area contributed by atoms with Crippen LogP contribution in [0.5, 0.6) is 5.75 Å². The first-order valence-electron chi connectivity index (χ1n) is 9.52. The van der Waals surface area contributed by atoms with Gasteiger partial charge >= 0.3 is 5.97 Å². The molecule has 152 valence electrons.